The summed E-state index contributed by atoms with van der Waals surface area (Å²) in [5.74, 6) is -0.488. The highest BCUT2D eigenvalue weighted by Crippen LogP contribution is 2.35. The zero-order chi connectivity index (χ0) is 24.0. The van der Waals surface area contributed by atoms with Gasteiger partial charge in [0.2, 0.25) is 5.91 Å². The van der Waals surface area contributed by atoms with Crippen LogP contribution in [0.2, 0.25) is 0 Å². The standard InChI is InChI=1S/C28H36N2O3/c1-6-13-24(26(31)30-25(21(2)3)28(4,5)33-27(30)32)20-29(18-22-14-9-7-10-15-22)19-23-16-11-8-12-17-23/h6-12,14-17,21,24-25H,1,13,18-20H2,2-5H3/t24-,25-/m0/s1. The molecular weight excluding hydrogens is 412 g/mol. The maximum Gasteiger partial charge on any atom is 0.417 e. The number of carbonyl (C=O) groups is 2. The molecule has 0 radical (unpaired) electrons. The van der Waals surface area contributed by atoms with E-state index in [1.807, 2.05) is 64.1 Å². The number of benzene rings is 2. The minimum atomic E-state index is -0.715. The van der Waals surface area contributed by atoms with Gasteiger partial charge in [-0.1, -0.05) is 80.6 Å². The van der Waals surface area contributed by atoms with Crippen molar-refractivity contribution in [2.45, 2.75) is 58.8 Å². The monoisotopic (exact) mass is 448 g/mol. The van der Waals surface area contributed by atoms with Gasteiger partial charge in [-0.15, -0.1) is 6.58 Å². The first-order valence-corrected chi connectivity index (χ1v) is 11.7. The van der Waals surface area contributed by atoms with Crippen LogP contribution in [0, 0.1) is 11.8 Å². The second kappa shape index (κ2) is 10.8. The number of carbonyl (C=O) groups excluding carboxylic acids is 2. The lowest BCUT2D eigenvalue weighted by atomic mass is 9.88. The fraction of sp³-hybridized carbons (Fsp3) is 0.429. The molecule has 0 aromatic heterocycles. The van der Waals surface area contributed by atoms with E-state index < -0.39 is 17.6 Å². The average molecular weight is 449 g/mol. The predicted molar refractivity (Wildman–Crippen MR) is 131 cm³/mol. The van der Waals surface area contributed by atoms with Crippen LogP contribution in [0.3, 0.4) is 0 Å². The van der Waals surface area contributed by atoms with Gasteiger partial charge >= 0.3 is 6.09 Å². The molecule has 0 bridgehead atoms. The summed E-state index contributed by atoms with van der Waals surface area (Å²) in [5.41, 5.74) is 1.65. The van der Waals surface area contributed by atoms with Crippen molar-refractivity contribution >= 4 is 12.0 Å². The molecule has 0 aliphatic carbocycles. The molecule has 2 aromatic carbocycles. The van der Waals surface area contributed by atoms with Crippen LogP contribution in [-0.2, 0) is 22.6 Å². The van der Waals surface area contributed by atoms with E-state index in [4.69, 9.17) is 4.74 Å². The maximum absolute atomic E-state index is 13.7. The molecule has 0 unspecified atom stereocenters. The molecule has 1 heterocycles. The summed E-state index contributed by atoms with van der Waals surface area (Å²) >= 11 is 0. The van der Waals surface area contributed by atoms with Gasteiger partial charge in [0.1, 0.15) is 5.60 Å². The third-order valence-electron chi connectivity index (χ3n) is 6.18. The molecule has 2 atom stereocenters. The Morgan fingerprint density at radius 3 is 2.03 bits per heavy atom. The molecule has 1 aliphatic rings. The fourth-order valence-corrected chi connectivity index (χ4v) is 4.92. The van der Waals surface area contributed by atoms with E-state index in [1.54, 1.807) is 6.08 Å². The van der Waals surface area contributed by atoms with Gasteiger partial charge in [0, 0.05) is 19.6 Å². The second-order valence-electron chi connectivity index (χ2n) is 9.73. The fourth-order valence-electron chi connectivity index (χ4n) is 4.92. The number of hydrogen-bond acceptors (Lipinski definition) is 4. The molecule has 0 spiro atoms. The number of imide groups is 1. The minimum absolute atomic E-state index is 0.0875. The topological polar surface area (TPSA) is 49.9 Å². The molecule has 2 aromatic rings. The van der Waals surface area contributed by atoms with E-state index in [9.17, 15) is 9.59 Å². The first kappa shape index (κ1) is 24.7. The van der Waals surface area contributed by atoms with Crippen LogP contribution in [0.5, 0.6) is 0 Å². The molecule has 1 aliphatic heterocycles. The molecule has 1 saturated heterocycles. The van der Waals surface area contributed by atoms with Crippen molar-refractivity contribution in [3.63, 3.8) is 0 Å². The Hall–Kier alpha value is -2.92. The van der Waals surface area contributed by atoms with Gasteiger partial charge in [0.05, 0.1) is 12.0 Å². The van der Waals surface area contributed by atoms with Crippen molar-refractivity contribution in [3.8, 4) is 0 Å². The normalized spacial score (nSPS) is 18.4. The van der Waals surface area contributed by atoms with Crippen LogP contribution >= 0.6 is 0 Å². The number of amides is 2. The lowest BCUT2D eigenvalue weighted by Crippen LogP contribution is -2.51. The van der Waals surface area contributed by atoms with Crippen LogP contribution in [0.25, 0.3) is 0 Å². The Labute approximate surface area is 198 Å². The lowest BCUT2D eigenvalue weighted by Gasteiger charge is -2.34. The second-order valence-corrected chi connectivity index (χ2v) is 9.73. The Morgan fingerprint density at radius 2 is 1.58 bits per heavy atom. The number of hydrogen-bond donors (Lipinski definition) is 0. The third kappa shape index (κ3) is 6.11. The number of rotatable bonds is 10. The van der Waals surface area contributed by atoms with Crippen molar-refractivity contribution in [2.24, 2.45) is 11.8 Å². The van der Waals surface area contributed by atoms with E-state index in [1.165, 1.54) is 16.0 Å². The largest absolute Gasteiger partial charge is 0.441 e. The zero-order valence-corrected chi connectivity index (χ0v) is 20.2. The van der Waals surface area contributed by atoms with E-state index in [-0.39, 0.29) is 17.9 Å². The van der Waals surface area contributed by atoms with E-state index in [0.717, 1.165) is 0 Å². The van der Waals surface area contributed by atoms with Gasteiger partial charge in [0.25, 0.3) is 0 Å². The van der Waals surface area contributed by atoms with Crippen molar-refractivity contribution in [2.75, 3.05) is 6.54 Å². The van der Waals surface area contributed by atoms with Gasteiger partial charge in [-0.2, -0.15) is 0 Å². The molecule has 5 heteroatoms. The quantitative estimate of drug-likeness (QED) is 0.440. The van der Waals surface area contributed by atoms with E-state index in [0.29, 0.717) is 26.1 Å². The first-order valence-electron chi connectivity index (χ1n) is 11.7. The van der Waals surface area contributed by atoms with Gasteiger partial charge in [-0.05, 0) is 37.3 Å². The van der Waals surface area contributed by atoms with Crippen LogP contribution in [0.15, 0.2) is 73.3 Å². The lowest BCUT2D eigenvalue weighted by molar-refractivity contribution is -0.135. The number of nitrogens with zero attached hydrogens (tertiary/aromatic N) is 2. The maximum atomic E-state index is 13.7. The molecule has 3 rings (SSSR count). The Bertz CT molecular complexity index is 899. The van der Waals surface area contributed by atoms with Crippen LogP contribution in [-0.4, -0.2) is 40.0 Å². The molecular formula is C28H36N2O3. The van der Waals surface area contributed by atoms with Gasteiger partial charge in [-0.25, -0.2) is 9.69 Å². The van der Waals surface area contributed by atoms with Crippen molar-refractivity contribution in [1.82, 2.24) is 9.80 Å². The van der Waals surface area contributed by atoms with E-state index in [2.05, 4.69) is 35.7 Å². The molecule has 0 saturated carbocycles. The summed E-state index contributed by atoms with van der Waals surface area (Å²) in [4.78, 5) is 30.1. The Morgan fingerprint density at radius 1 is 1.06 bits per heavy atom. The van der Waals surface area contributed by atoms with Crippen molar-refractivity contribution in [3.05, 3.63) is 84.4 Å². The summed E-state index contributed by atoms with van der Waals surface area (Å²) in [5, 5.41) is 0. The average Bonchev–Trinajstić information content (AvgIpc) is 3.02. The third-order valence-corrected chi connectivity index (χ3v) is 6.18. The molecule has 1 fully saturated rings. The zero-order valence-electron chi connectivity index (χ0n) is 20.2. The summed E-state index contributed by atoms with van der Waals surface area (Å²) in [6.07, 6.45) is 1.71. The van der Waals surface area contributed by atoms with E-state index >= 15 is 0 Å². The summed E-state index contributed by atoms with van der Waals surface area (Å²) in [6.45, 7) is 13.6. The van der Waals surface area contributed by atoms with Crippen LogP contribution in [0.1, 0.15) is 45.2 Å². The van der Waals surface area contributed by atoms with Crippen LogP contribution < -0.4 is 0 Å². The predicted octanol–water partition coefficient (Wildman–Crippen LogP) is 5.66. The Kier molecular flexibility index (Phi) is 8.09. The summed E-state index contributed by atoms with van der Waals surface area (Å²) < 4.78 is 5.61. The molecule has 5 nitrogen and oxygen atoms in total. The van der Waals surface area contributed by atoms with Crippen molar-refractivity contribution < 1.29 is 14.3 Å². The van der Waals surface area contributed by atoms with Crippen LogP contribution in [0.4, 0.5) is 4.79 Å². The summed E-state index contributed by atoms with van der Waals surface area (Å²) in [6, 6.07) is 20.2. The minimum Gasteiger partial charge on any atom is -0.441 e. The smallest absolute Gasteiger partial charge is 0.417 e. The highest BCUT2D eigenvalue weighted by Gasteiger charge is 2.52. The van der Waals surface area contributed by atoms with Crippen molar-refractivity contribution in [1.29, 1.82) is 0 Å². The summed E-state index contributed by atoms with van der Waals surface area (Å²) in [7, 11) is 0. The highest BCUT2D eigenvalue weighted by molar-refractivity contribution is 5.95. The van der Waals surface area contributed by atoms with Gasteiger partial charge < -0.3 is 4.74 Å². The van der Waals surface area contributed by atoms with Gasteiger partial charge in [0.15, 0.2) is 0 Å². The molecule has 33 heavy (non-hydrogen) atoms. The number of allylic oxidation sites excluding steroid dienone is 1. The highest BCUT2D eigenvalue weighted by atomic mass is 16.6. The molecule has 0 N–H and O–H groups in total. The number of ether oxygens (including phenoxy) is 1. The first-order chi connectivity index (χ1) is 15.7. The number of cyclic esters (lactones) is 1. The SMILES string of the molecule is C=CC[C@@H](CN(Cc1ccccc1)Cc1ccccc1)C(=O)N1C(=O)OC(C)(C)[C@@H]1C(C)C. The molecule has 176 valence electrons. The van der Waals surface area contributed by atoms with Gasteiger partial charge in [-0.3, -0.25) is 9.69 Å². The molecule has 2 amide bonds. The Balaban J connectivity index is 1.86.